The Morgan fingerprint density at radius 3 is 2.80 bits per heavy atom. The van der Waals surface area contributed by atoms with Crippen molar-refractivity contribution in [2.24, 2.45) is 15.9 Å². The smallest absolute Gasteiger partial charge is 0.387 e. The largest absolute Gasteiger partial charge is 0.471 e. The fraction of sp³-hybridized carbons (Fsp3) is 0.188. The molecule has 0 saturated carbocycles. The summed E-state index contributed by atoms with van der Waals surface area (Å²) in [4.78, 5) is 8.18. The van der Waals surface area contributed by atoms with Crippen LogP contribution in [0.1, 0.15) is 5.56 Å². The van der Waals surface area contributed by atoms with E-state index in [1.54, 1.807) is 12.3 Å². The summed E-state index contributed by atoms with van der Waals surface area (Å²) in [6, 6.07) is 7.79. The zero-order valence-electron chi connectivity index (χ0n) is 13.2. The summed E-state index contributed by atoms with van der Waals surface area (Å²) in [5.41, 5.74) is 1.68. The highest BCUT2D eigenvalue weighted by Crippen LogP contribution is 2.30. The van der Waals surface area contributed by atoms with Crippen LogP contribution in [0, 0.1) is 6.92 Å². The number of aliphatic imine (C=N–C) groups is 1. The molecule has 0 radical (unpaired) electrons. The van der Waals surface area contributed by atoms with E-state index in [1.807, 2.05) is 13.0 Å². The van der Waals surface area contributed by atoms with Crippen LogP contribution >= 0.6 is 11.6 Å². The van der Waals surface area contributed by atoms with E-state index in [-0.39, 0.29) is 17.4 Å². The number of alkyl halides is 2. The number of halogens is 3. The van der Waals surface area contributed by atoms with Crippen molar-refractivity contribution < 1.29 is 18.3 Å². The van der Waals surface area contributed by atoms with Crippen LogP contribution in [0.3, 0.4) is 0 Å². The molecule has 0 aliphatic rings. The van der Waals surface area contributed by atoms with Crippen molar-refractivity contribution in [3.63, 3.8) is 0 Å². The molecule has 0 spiro atoms. The molecular weight excluding hydrogens is 354 g/mol. The van der Waals surface area contributed by atoms with Gasteiger partial charge in [-0.3, -0.25) is 4.99 Å². The summed E-state index contributed by atoms with van der Waals surface area (Å²) in [5.74, 6) is 5.54. The Morgan fingerprint density at radius 2 is 2.16 bits per heavy atom. The second-order valence-electron chi connectivity index (χ2n) is 4.83. The van der Waals surface area contributed by atoms with Gasteiger partial charge in [-0.25, -0.2) is 4.98 Å². The van der Waals surface area contributed by atoms with Gasteiger partial charge in [0.1, 0.15) is 18.1 Å². The van der Waals surface area contributed by atoms with E-state index >= 15 is 0 Å². The maximum absolute atomic E-state index is 12.3. The first-order chi connectivity index (χ1) is 12.0. The van der Waals surface area contributed by atoms with Crippen LogP contribution in [-0.4, -0.2) is 30.1 Å². The highest BCUT2D eigenvalue weighted by Gasteiger charge is 2.09. The van der Waals surface area contributed by atoms with Crippen LogP contribution in [0.25, 0.3) is 0 Å². The number of benzene rings is 1. The van der Waals surface area contributed by atoms with Crippen molar-refractivity contribution >= 4 is 29.2 Å². The molecule has 0 aliphatic carbocycles. The molecule has 0 fully saturated rings. The van der Waals surface area contributed by atoms with Crippen molar-refractivity contribution in [2.45, 2.75) is 13.5 Å². The maximum Gasteiger partial charge on any atom is 0.387 e. The SMILES string of the molecule is Cc1ccc(OCC(C=Nc2ccc(Cl)c(OC(F)F)c2)=NN)nc1. The van der Waals surface area contributed by atoms with Crippen molar-refractivity contribution in [2.75, 3.05) is 6.61 Å². The fourth-order valence-corrected chi connectivity index (χ4v) is 1.87. The molecule has 1 heterocycles. The van der Waals surface area contributed by atoms with Gasteiger partial charge in [-0.2, -0.15) is 13.9 Å². The average Bonchev–Trinajstić information content (AvgIpc) is 2.59. The second-order valence-corrected chi connectivity index (χ2v) is 5.24. The molecule has 2 rings (SSSR count). The van der Waals surface area contributed by atoms with E-state index in [0.717, 1.165) is 5.56 Å². The monoisotopic (exact) mass is 368 g/mol. The van der Waals surface area contributed by atoms with Crippen molar-refractivity contribution in [3.8, 4) is 11.6 Å². The number of aryl methyl sites for hydroxylation is 1. The van der Waals surface area contributed by atoms with Crippen LogP contribution in [0.4, 0.5) is 14.5 Å². The summed E-state index contributed by atoms with van der Waals surface area (Å²) < 4.78 is 34.4. The zero-order chi connectivity index (χ0) is 18.2. The first-order valence-electron chi connectivity index (χ1n) is 7.08. The van der Waals surface area contributed by atoms with Gasteiger partial charge in [0.25, 0.3) is 0 Å². The minimum atomic E-state index is -2.98. The number of aromatic nitrogens is 1. The van der Waals surface area contributed by atoms with Gasteiger partial charge in [0.2, 0.25) is 5.88 Å². The summed E-state index contributed by atoms with van der Waals surface area (Å²) in [5, 5.41) is 3.62. The van der Waals surface area contributed by atoms with E-state index in [0.29, 0.717) is 17.3 Å². The highest BCUT2D eigenvalue weighted by molar-refractivity contribution is 6.32. The Hall–Kier alpha value is -2.74. The molecule has 0 amide bonds. The summed E-state index contributed by atoms with van der Waals surface area (Å²) in [6.07, 6.45) is 3.02. The first kappa shape index (κ1) is 18.6. The van der Waals surface area contributed by atoms with E-state index < -0.39 is 6.61 Å². The molecule has 1 aromatic carbocycles. The Labute approximate surface area is 147 Å². The molecule has 1 aromatic heterocycles. The Balaban J connectivity index is 2.02. The van der Waals surface area contributed by atoms with Crippen molar-refractivity contribution in [1.29, 1.82) is 0 Å². The minimum Gasteiger partial charge on any atom is -0.471 e. The van der Waals surface area contributed by atoms with Crippen LogP contribution in [0.15, 0.2) is 46.6 Å². The van der Waals surface area contributed by atoms with Gasteiger partial charge in [0, 0.05) is 18.3 Å². The van der Waals surface area contributed by atoms with Gasteiger partial charge in [-0.15, -0.1) is 0 Å². The normalized spacial score (nSPS) is 12.0. The zero-order valence-corrected chi connectivity index (χ0v) is 14.0. The lowest BCUT2D eigenvalue weighted by Gasteiger charge is -2.07. The van der Waals surface area contributed by atoms with E-state index in [4.69, 9.17) is 22.2 Å². The summed E-state index contributed by atoms with van der Waals surface area (Å²) >= 11 is 5.78. The number of hydrazone groups is 1. The van der Waals surface area contributed by atoms with E-state index in [2.05, 4.69) is 19.8 Å². The first-order valence-corrected chi connectivity index (χ1v) is 7.46. The average molecular weight is 369 g/mol. The fourth-order valence-electron chi connectivity index (χ4n) is 1.70. The van der Waals surface area contributed by atoms with Gasteiger partial charge in [-0.05, 0) is 24.6 Å². The molecule has 0 unspecified atom stereocenters. The van der Waals surface area contributed by atoms with Crippen molar-refractivity contribution in [1.82, 2.24) is 4.98 Å². The van der Waals surface area contributed by atoms with Gasteiger partial charge in [0.15, 0.2) is 0 Å². The Kier molecular flexibility index (Phi) is 6.64. The number of pyridine rings is 1. The summed E-state index contributed by atoms with van der Waals surface area (Å²) in [7, 11) is 0. The summed E-state index contributed by atoms with van der Waals surface area (Å²) in [6.45, 7) is -1.02. The molecule has 2 aromatic rings. The van der Waals surface area contributed by atoms with Crippen molar-refractivity contribution in [3.05, 3.63) is 47.1 Å². The molecule has 2 N–H and O–H groups in total. The molecule has 9 heteroatoms. The predicted octanol–water partition coefficient (Wildman–Crippen LogP) is 3.74. The topological polar surface area (TPSA) is 82.1 Å². The lowest BCUT2D eigenvalue weighted by Crippen LogP contribution is -2.15. The van der Waals surface area contributed by atoms with Crippen LogP contribution in [0.2, 0.25) is 5.02 Å². The second kappa shape index (κ2) is 8.93. The van der Waals surface area contributed by atoms with Gasteiger partial charge >= 0.3 is 6.61 Å². The van der Waals surface area contributed by atoms with E-state index in [1.165, 1.54) is 24.4 Å². The molecular formula is C16H15ClF2N4O2. The lowest BCUT2D eigenvalue weighted by atomic mass is 10.3. The number of nitrogens with zero attached hydrogens (tertiary/aromatic N) is 3. The van der Waals surface area contributed by atoms with E-state index in [9.17, 15) is 8.78 Å². The Bertz CT molecular complexity index is 767. The molecule has 132 valence electrons. The number of hydrogen-bond donors (Lipinski definition) is 1. The standard InChI is InChI=1S/C16H15ClF2N4O2/c1-10-2-5-15(22-7-10)24-9-12(23-20)8-21-11-3-4-13(17)14(6-11)25-16(18)19/h2-8,16H,9,20H2,1H3. The van der Waals surface area contributed by atoms with Crippen LogP contribution in [-0.2, 0) is 0 Å². The number of hydrogen-bond acceptors (Lipinski definition) is 6. The predicted molar refractivity (Wildman–Crippen MR) is 92.3 cm³/mol. The van der Waals surface area contributed by atoms with Gasteiger partial charge < -0.3 is 15.3 Å². The Morgan fingerprint density at radius 1 is 1.36 bits per heavy atom. The van der Waals surface area contributed by atoms with Crippen LogP contribution < -0.4 is 15.3 Å². The lowest BCUT2D eigenvalue weighted by molar-refractivity contribution is -0.0497. The molecule has 0 atom stereocenters. The van der Waals surface area contributed by atoms with Gasteiger partial charge in [-0.1, -0.05) is 17.7 Å². The number of ether oxygens (including phenoxy) is 2. The maximum atomic E-state index is 12.3. The third-order valence-corrected chi connectivity index (χ3v) is 3.22. The molecule has 25 heavy (non-hydrogen) atoms. The quantitative estimate of drug-likeness (QED) is 0.458. The molecule has 0 aliphatic heterocycles. The minimum absolute atomic E-state index is 0.0457. The van der Waals surface area contributed by atoms with Crippen LogP contribution in [0.5, 0.6) is 11.6 Å². The molecule has 0 saturated heterocycles. The number of rotatable bonds is 7. The molecule has 6 nitrogen and oxygen atoms in total. The number of nitrogens with two attached hydrogens (primary N) is 1. The third-order valence-electron chi connectivity index (χ3n) is 2.91. The molecule has 0 bridgehead atoms. The highest BCUT2D eigenvalue weighted by atomic mass is 35.5. The third kappa shape index (κ3) is 6.00. The van der Waals surface area contributed by atoms with Gasteiger partial charge in [0.05, 0.1) is 16.9 Å².